The molecule has 2 aliphatic heterocycles. The minimum Gasteiger partial charge on any atom is -0.395 e. The maximum absolute atomic E-state index is 7.00. The molecule has 2 aliphatic rings. The van der Waals surface area contributed by atoms with Gasteiger partial charge in [-0.25, -0.2) is 0 Å². The normalized spacial score (nSPS) is 16.0. The molecular formula is C36H34N4. The Balaban J connectivity index is 1.44. The van der Waals surface area contributed by atoms with Crippen molar-refractivity contribution in [1.29, 1.82) is 0 Å². The molecular weight excluding hydrogens is 488 g/mol. The number of nitrogens with two attached hydrogens (primary N) is 2. The molecule has 7 rings (SSSR count). The second kappa shape index (κ2) is 8.40. The lowest BCUT2D eigenvalue weighted by Gasteiger charge is -2.43. The van der Waals surface area contributed by atoms with Gasteiger partial charge in [0, 0.05) is 10.8 Å². The summed E-state index contributed by atoms with van der Waals surface area (Å²) in [7, 11) is 0. The van der Waals surface area contributed by atoms with Gasteiger partial charge in [0.25, 0.3) is 0 Å². The molecule has 0 saturated carbocycles. The van der Waals surface area contributed by atoms with Crippen molar-refractivity contribution in [2.45, 2.75) is 38.5 Å². The molecule has 0 saturated heterocycles. The van der Waals surface area contributed by atoms with Crippen LogP contribution in [0, 0.1) is 0 Å². The molecule has 198 valence electrons. The molecule has 40 heavy (non-hydrogen) atoms. The second-order valence-corrected chi connectivity index (χ2v) is 11.9. The number of fused-ring (bicyclic) bond motifs is 4. The molecule has 4 N–H and O–H groups in total. The van der Waals surface area contributed by atoms with Gasteiger partial charge in [0.2, 0.25) is 0 Å². The first kappa shape index (κ1) is 24.3. The van der Waals surface area contributed by atoms with E-state index in [0.717, 1.165) is 34.1 Å². The lowest BCUT2D eigenvalue weighted by atomic mass is 9.73. The molecule has 0 amide bonds. The SMILES string of the molecule is CC1(C)c2ccccc2N(c2ccc(N3c4ccccc4C(C)(C)c4ccccc43)c(N)c2N)c2ccccc21. The van der Waals surface area contributed by atoms with Crippen LogP contribution in [-0.2, 0) is 10.8 Å². The van der Waals surface area contributed by atoms with Crippen LogP contribution < -0.4 is 21.3 Å². The molecule has 0 spiro atoms. The predicted molar refractivity (Wildman–Crippen MR) is 169 cm³/mol. The average Bonchev–Trinajstić information content (AvgIpc) is 2.97. The van der Waals surface area contributed by atoms with Gasteiger partial charge in [0.15, 0.2) is 0 Å². The van der Waals surface area contributed by atoms with E-state index in [1.807, 2.05) is 0 Å². The Kier molecular flexibility index (Phi) is 5.11. The molecule has 0 bridgehead atoms. The molecule has 4 nitrogen and oxygen atoms in total. The largest absolute Gasteiger partial charge is 0.395 e. The molecule has 0 fully saturated rings. The Bertz CT molecular complexity index is 1570. The highest BCUT2D eigenvalue weighted by Crippen LogP contribution is 2.56. The van der Waals surface area contributed by atoms with Gasteiger partial charge in [-0.3, -0.25) is 0 Å². The Labute approximate surface area is 236 Å². The Morgan fingerprint density at radius 3 is 0.900 bits per heavy atom. The van der Waals surface area contributed by atoms with Crippen molar-refractivity contribution in [2.24, 2.45) is 0 Å². The third-order valence-electron chi connectivity index (χ3n) is 9.00. The van der Waals surface area contributed by atoms with E-state index in [1.165, 1.54) is 22.3 Å². The summed E-state index contributed by atoms with van der Waals surface area (Å²) in [4.78, 5) is 4.54. The van der Waals surface area contributed by atoms with E-state index in [4.69, 9.17) is 11.5 Å². The molecule has 5 aromatic rings. The average molecular weight is 523 g/mol. The summed E-state index contributed by atoms with van der Waals surface area (Å²) in [6, 6.07) is 38.6. The summed E-state index contributed by atoms with van der Waals surface area (Å²) in [5.74, 6) is 0. The monoisotopic (exact) mass is 522 g/mol. The van der Waals surface area contributed by atoms with Crippen LogP contribution in [0.3, 0.4) is 0 Å². The Morgan fingerprint density at radius 2 is 0.625 bits per heavy atom. The van der Waals surface area contributed by atoms with E-state index in [0.29, 0.717) is 11.4 Å². The van der Waals surface area contributed by atoms with Gasteiger partial charge in [0.05, 0.1) is 45.5 Å². The zero-order chi connectivity index (χ0) is 27.8. The van der Waals surface area contributed by atoms with Crippen molar-refractivity contribution in [3.05, 3.63) is 131 Å². The van der Waals surface area contributed by atoms with E-state index in [9.17, 15) is 0 Å². The van der Waals surface area contributed by atoms with Gasteiger partial charge in [0.1, 0.15) is 0 Å². The maximum Gasteiger partial charge on any atom is 0.0814 e. The number of nitrogen functional groups attached to an aromatic ring is 2. The number of anilines is 8. The molecule has 0 radical (unpaired) electrons. The number of para-hydroxylation sites is 4. The van der Waals surface area contributed by atoms with Crippen molar-refractivity contribution in [3.63, 3.8) is 0 Å². The van der Waals surface area contributed by atoms with Gasteiger partial charge in [-0.2, -0.15) is 0 Å². The molecule has 4 heteroatoms. The van der Waals surface area contributed by atoms with Crippen LogP contribution in [0.1, 0.15) is 49.9 Å². The molecule has 0 atom stereocenters. The van der Waals surface area contributed by atoms with Crippen molar-refractivity contribution in [3.8, 4) is 0 Å². The van der Waals surface area contributed by atoms with Gasteiger partial charge in [-0.1, -0.05) is 100 Å². The fourth-order valence-corrected chi connectivity index (χ4v) is 6.86. The second-order valence-electron chi connectivity index (χ2n) is 11.9. The van der Waals surface area contributed by atoms with Crippen LogP contribution in [0.5, 0.6) is 0 Å². The fraction of sp³-hybridized carbons (Fsp3) is 0.167. The van der Waals surface area contributed by atoms with E-state index < -0.39 is 0 Å². The number of hydrogen-bond donors (Lipinski definition) is 2. The lowest BCUT2D eigenvalue weighted by molar-refractivity contribution is 0.631. The summed E-state index contributed by atoms with van der Waals surface area (Å²) in [6.45, 7) is 9.15. The predicted octanol–water partition coefficient (Wildman–Crippen LogP) is 9.07. The van der Waals surface area contributed by atoms with Crippen molar-refractivity contribution >= 4 is 45.5 Å². The molecule has 0 unspecified atom stereocenters. The fourth-order valence-electron chi connectivity index (χ4n) is 6.86. The van der Waals surface area contributed by atoms with Gasteiger partial charge in [-0.05, 0) is 58.7 Å². The van der Waals surface area contributed by atoms with Crippen LogP contribution in [0.2, 0.25) is 0 Å². The van der Waals surface area contributed by atoms with Crippen LogP contribution >= 0.6 is 0 Å². The van der Waals surface area contributed by atoms with Crippen LogP contribution in [0.4, 0.5) is 45.5 Å². The standard InChI is InChI=1S/C36H34N4/c1-35(2)23-13-5-9-17-27(23)39(28-18-10-6-14-24(28)35)31-21-22-32(34(38)33(31)37)40-29-19-11-7-15-25(29)36(3,4)26-16-8-12-20-30(26)40/h5-22H,37-38H2,1-4H3. The lowest BCUT2D eigenvalue weighted by Crippen LogP contribution is -2.31. The third kappa shape index (κ3) is 3.19. The topological polar surface area (TPSA) is 58.5 Å². The smallest absolute Gasteiger partial charge is 0.0814 e. The molecule has 5 aromatic carbocycles. The molecule has 2 heterocycles. The van der Waals surface area contributed by atoms with Crippen molar-refractivity contribution < 1.29 is 0 Å². The highest BCUT2D eigenvalue weighted by Gasteiger charge is 2.39. The van der Waals surface area contributed by atoms with Crippen LogP contribution in [0.25, 0.3) is 0 Å². The quantitative estimate of drug-likeness (QED) is 0.227. The van der Waals surface area contributed by atoms with Gasteiger partial charge < -0.3 is 21.3 Å². The maximum atomic E-state index is 7.00. The summed E-state index contributed by atoms with van der Waals surface area (Å²) < 4.78 is 0. The van der Waals surface area contributed by atoms with Crippen LogP contribution in [-0.4, -0.2) is 0 Å². The van der Waals surface area contributed by atoms with E-state index in [2.05, 4.69) is 147 Å². The first-order valence-corrected chi connectivity index (χ1v) is 13.9. The Morgan fingerprint density at radius 1 is 0.375 bits per heavy atom. The zero-order valence-corrected chi connectivity index (χ0v) is 23.4. The zero-order valence-electron chi connectivity index (χ0n) is 23.4. The third-order valence-corrected chi connectivity index (χ3v) is 9.00. The minimum absolute atomic E-state index is 0.141. The first-order valence-electron chi connectivity index (χ1n) is 13.9. The van der Waals surface area contributed by atoms with Crippen molar-refractivity contribution in [1.82, 2.24) is 0 Å². The summed E-state index contributed by atoms with van der Waals surface area (Å²) in [6.07, 6.45) is 0. The van der Waals surface area contributed by atoms with Gasteiger partial charge in [-0.15, -0.1) is 0 Å². The number of benzene rings is 5. The highest BCUT2D eigenvalue weighted by molar-refractivity contribution is 6.00. The van der Waals surface area contributed by atoms with Gasteiger partial charge >= 0.3 is 0 Å². The Hall–Kier alpha value is -4.70. The molecule has 0 aromatic heterocycles. The van der Waals surface area contributed by atoms with Crippen molar-refractivity contribution in [2.75, 3.05) is 21.3 Å². The molecule has 0 aliphatic carbocycles. The number of nitrogens with zero attached hydrogens (tertiary/aromatic N) is 2. The van der Waals surface area contributed by atoms with E-state index in [1.54, 1.807) is 0 Å². The number of rotatable bonds is 2. The van der Waals surface area contributed by atoms with E-state index in [-0.39, 0.29) is 10.8 Å². The summed E-state index contributed by atoms with van der Waals surface area (Å²) in [5, 5.41) is 0. The summed E-state index contributed by atoms with van der Waals surface area (Å²) >= 11 is 0. The number of hydrogen-bond acceptors (Lipinski definition) is 4. The van der Waals surface area contributed by atoms with Crippen LogP contribution in [0.15, 0.2) is 109 Å². The minimum atomic E-state index is -0.141. The highest BCUT2D eigenvalue weighted by atomic mass is 15.2. The van der Waals surface area contributed by atoms with E-state index >= 15 is 0 Å². The summed E-state index contributed by atoms with van der Waals surface area (Å²) in [5.41, 5.74) is 26.2. The first-order chi connectivity index (χ1) is 19.2.